The first-order chi connectivity index (χ1) is 8.27. The lowest BCUT2D eigenvalue weighted by Crippen LogP contribution is -2.28. The van der Waals surface area contributed by atoms with Gasteiger partial charge in [-0.25, -0.2) is 18.5 Å². The predicted octanol–water partition coefficient (Wildman–Crippen LogP) is -0.339. The number of primary sulfonamides is 1. The predicted molar refractivity (Wildman–Crippen MR) is 65.8 cm³/mol. The summed E-state index contributed by atoms with van der Waals surface area (Å²) in [6.07, 6.45) is 1.12. The van der Waals surface area contributed by atoms with E-state index in [1.807, 2.05) is 0 Å². The fourth-order valence-electron chi connectivity index (χ4n) is 1.11. The molecule has 1 atom stereocenters. The second-order valence-corrected chi connectivity index (χ2v) is 6.67. The third-order valence-corrected chi connectivity index (χ3v) is 4.70. The molecule has 0 fully saturated rings. The van der Waals surface area contributed by atoms with Crippen LogP contribution in [-0.4, -0.2) is 45.4 Å². The Kier molecular flexibility index (Phi) is 5.20. The minimum absolute atomic E-state index is 0.00602. The molecule has 0 saturated heterocycles. The van der Waals surface area contributed by atoms with Gasteiger partial charge in [-0.15, -0.1) is 11.3 Å². The van der Waals surface area contributed by atoms with Gasteiger partial charge < -0.3 is 14.6 Å². The quantitative estimate of drug-likeness (QED) is 0.666. The Balaban J connectivity index is 2.70. The molecule has 0 spiro atoms. The molecular weight excluding hydrogens is 280 g/mol. The van der Waals surface area contributed by atoms with Crippen LogP contribution in [0.15, 0.2) is 10.4 Å². The molecule has 0 bridgehead atoms. The molecule has 1 aromatic rings. The first-order valence-corrected chi connectivity index (χ1v) is 7.42. The Morgan fingerprint density at radius 2 is 2.22 bits per heavy atom. The molecule has 1 heterocycles. The molecule has 0 amide bonds. The van der Waals surface area contributed by atoms with Crippen LogP contribution in [0.3, 0.4) is 0 Å². The summed E-state index contributed by atoms with van der Waals surface area (Å²) in [6, 6.07) is 0. The van der Waals surface area contributed by atoms with Gasteiger partial charge in [0.2, 0.25) is 10.0 Å². The molecule has 7 nitrogen and oxygen atoms in total. The van der Waals surface area contributed by atoms with Gasteiger partial charge in [0.25, 0.3) is 0 Å². The van der Waals surface area contributed by atoms with Crippen LogP contribution in [0, 0.1) is 0 Å². The first-order valence-electron chi connectivity index (χ1n) is 5.05. The minimum atomic E-state index is -3.79. The van der Waals surface area contributed by atoms with E-state index in [1.54, 1.807) is 7.11 Å². The summed E-state index contributed by atoms with van der Waals surface area (Å²) in [4.78, 5) is 3.85. The van der Waals surface area contributed by atoms with Crippen molar-refractivity contribution in [2.24, 2.45) is 5.14 Å². The number of hydrogen-bond acceptors (Lipinski definition) is 7. The van der Waals surface area contributed by atoms with Gasteiger partial charge in [-0.1, -0.05) is 0 Å². The van der Waals surface area contributed by atoms with Crippen LogP contribution < -0.4 is 5.14 Å². The zero-order valence-corrected chi connectivity index (χ0v) is 11.8. The van der Waals surface area contributed by atoms with Crippen molar-refractivity contribution in [1.29, 1.82) is 0 Å². The minimum Gasteiger partial charge on any atom is -0.382 e. The number of aromatic nitrogens is 1. The lowest BCUT2D eigenvalue weighted by atomic mass is 10.1. The second-order valence-electron chi connectivity index (χ2n) is 3.85. The van der Waals surface area contributed by atoms with Gasteiger partial charge in [-0.2, -0.15) is 0 Å². The second kappa shape index (κ2) is 6.04. The zero-order chi connectivity index (χ0) is 13.8. The Morgan fingerprint density at radius 1 is 1.56 bits per heavy atom. The Bertz CT molecular complexity index is 483. The third-order valence-electron chi connectivity index (χ3n) is 2.04. The Labute approximate surface area is 110 Å². The molecule has 0 aromatic carbocycles. The van der Waals surface area contributed by atoms with Gasteiger partial charge in [0, 0.05) is 7.11 Å². The van der Waals surface area contributed by atoms with Crippen molar-refractivity contribution in [1.82, 2.24) is 4.98 Å². The summed E-state index contributed by atoms with van der Waals surface area (Å²) in [6.45, 7) is 2.23. The monoisotopic (exact) mass is 296 g/mol. The highest BCUT2D eigenvalue weighted by Crippen LogP contribution is 2.27. The number of methoxy groups -OCH3 is 1. The summed E-state index contributed by atoms with van der Waals surface area (Å²) in [7, 11) is -2.24. The standard InChI is InChI=1S/C9H16N2O5S2/c1-9(12,6-16-4-3-15-2)8-11-5-7(17-8)18(10,13)14/h5,12H,3-4,6H2,1-2H3,(H2,10,13,14). The Hall–Kier alpha value is -0.580. The SMILES string of the molecule is COCCOCC(C)(O)c1ncc(S(N)(=O)=O)s1. The van der Waals surface area contributed by atoms with E-state index >= 15 is 0 Å². The summed E-state index contributed by atoms with van der Waals surface area (Å²) in [5.74, 6) is 0. The zero-order valence-electron chi connectivity index (χ0n) is 10.1. The van der Waals surface area contributed by atoms with E-state index in [4.69, 9.17) is 14.6 Å². The van der Waals surface area contributed by atoms with E-state index < -0.39 is 15.6 Å². The van der Waals surface area contributed by atoms with Crippen LogP contribution in [0.5, 0.6) is 0 Å². The number of sulfonamides is 1. The molecule has 18 heavy (non-hydrogen) atoms. The van der Waals surface area contributed by atoms with Crippen LogP contribution >= 0.6 is 11.3 Å². The first kappa shape index (κ1) is 15.5. The van der Waals surface area contributed by atoms with Crippen LogP contribution in [0.1, 0.15) is 11.9 Å². The third kappa shape index (κ3) is 4.26. The van der Waals surface area contributed by atoms with Gasteiger partial charge in [0.1, 0.15) is 10.6 Å². The number of thiazole rings is 1. The maximum absolute atomic E-state index is 11.1. The fraction of sp³-hybridized carbons (Fsp3) is 0.667. The molecule has 3 N–H and O–H groups in total. The van der Waals surface area contributed by atoms with Crippen molar-refractivity contribution >= 4 is 21.4 Å². The van der Waals surface area contributed by atoms with Gasteiger partial charge in [-0.05, 0) is 6.92 Å². The van der Waals surface area contributed by atoms with Crippen molar-refractivity contribution in [2.45, 2.75) is 16.7 Å². The molecular formula is C9H16N2O5S2. The highest BCUT2D eigenvalue weighted by Gasteiger charge is 2.28. The van der Waals surface area contributed by atoms with Crippen LogP contribution in [0.2, 0.25) is 0 Å². The van der Waals surface area contributed by atoms with Crippen molar-refractivity contribution in [3.8, 4) is 0 Å². The molecule has 0 aliphatic carbocycles. The number of nitrogens with zero attached hydrogens (tertiary/aromatic N) is 1. The number of rotatable bonds is 7. The molecule has 0 aliphatic rings. The van der Waals surface area contributed by atoms with E-state index in [-0.39, 0.29) is 15.8 Å². The lowest BCUT2D eigenvalue weighted by molar-refractivity contribution is -0.0479. The normalized spacial score (nSPS) is 15.6. The summed E-state index contributed by atoms with van der Waals surface area (Å²) >= 11 is 0.825. The summed E-state index contributed by atoms with van der Waals surface area (Å²) < 4.78 is 32.1. The molecule has 1 aromatic heterocycles. The van der Waals surface area contributed by atoms with Crippen molar-refractivity contribution in [2.75, 3.05) is 26.9 Å². The Morgan fingerprint density at radius 3 is 2.72 bits per heavy atom. The number of aliphatic hydroxyl groups is 1. The van der Waals surface area contributed by atoms with Crippen LogP contribution in [0.4, 0.5) is 0 Å². The van der Waals surface area contributed by atoms with E-state index in [0.717, 1.165) is 17.5 Å². The number of hydrogen-bond donors (Lipinski definition) is 2. The summed E-state index contributed by atoms with van der Waals surface area (Å²) in [5, 5.41) is 15.3. The topological polar surface area (TPSA) is 112 Å². The van der Waals surface area contributed by atoms with Gasteiger partial charge in [0.05, 0.1) is 26.0 Å². The maximum atomic E-state index is 11.1. The van der Waals surface area contributed by atoms with Gasteiger partial charge in [0.15, 0.2) is 4.21 Å². The average Bonchev–Trinajstić information content (AvgIpc) is 2.73. The largest absolute Gasteiger partial charge is 0.382 e. The summed E-state index contributed by atoms with van der Waals surface area (Å²) in [5.41, 5.74) is -1.36. The molecule has 9 heteroatoms. The van der Waals surface area contributed by atoms with E-state index in [2.05, 4.69) is 4.98 Å². The van der Waals surface area contributed by atoms with Crippen molar-refractivity contribution in [3.05, 3.63) is 11.2 Å². The average molecular weight is 296 g/mol. The van der Waals surface area contributed by atoms with Crippen LogP contribution in [-0.2, 0) is 25.1 Å². The van der Waals surface area contributed by atoms with Crippen molar-refractivity contribution in [3.63, 3.8) is 0 Å². The van der Waals surface area contributed by atoms with E-state index in [9.17, 15) is 13.5 Å². The highest BCUT2D eigenvalue weighted by atomic mass is 32.2. The fourth-order valence-corrected chi connectivity index (χ4v) is 2.70. The van der Waals surface area contributed by atoms with Crippen LogP contribution in [0.25, 0.3) is 0 Å². The van der Waals surface area contributed by atoms with E-state index in [1.165, 1.54) is 6.92 Å². The highest BCUT2D eigenvalue weighted by molar-refractivity contribution is 7.91. The van der Waals surface area contributed by atoms with Crippen molar-refractivity contribution < 1.29 is 23.0 Å². The lowest BCUT2D eigenvalue weighted by Gasteiger charge is -2.20. The maximum Gasteiger partial charge on any atom is 0.249 e. The van der Waals surface area contributed by atoms with Gasteiger partial charge >= 0.3 is 0 Å². The molecule has 1 unspecified atom stereocenters. The molecule has 0 saturated carbocycles. The molecule has 0 aliphatic heterocycles. The van der Waals surface area contributed by atoms with Gasteiger partial charge in [-0.3, -0.25) is 0 Å². The smallest absolute Gasteiger partial charge is 0.249 e. The number of ether oxygens (including phenoxy) is 2. The van der Waals surface area contributed by atoms with E-state index in [0.29, 0.717) is 13.2 Å². The molecule has 0 radical (unpaired) electrons. The molecule has 104 valence electrons. The number of nitrogens with two attached hydrogens (primary N) is 1. The molecule has 1 rings (SSSR count).